The zero-order chi connectivity index (χ0) is 10.6. The fourth-order valence-electron chi connectivity index (χ4n) is 1.53. The maximum atomic E-state index is 10.8. The molecule has 0 radical (unpaired) electrons. The number of aryl methyl sites for hydroxylation is 1. The second kappa shape index (κ2) is 4.80. The first-order valence-electron chi connectivity index (χ1n) is 4.91. The maximum Gasteiger partial charge on any atom is 0.306 e. The molecule has 14 heavy (non-hydrogen) atoms. The van der Waals surface area contributed by atoms with Gasteiger partial charge < -0.3 is 5.11 Å². The lowest BCUT2D eigenvalue weighted by Crippen LogP contribution is -2.15. The molecule has 0 saturated carbocycles. The van der Waals surface area contributed by atoms with Crippen molar-refractivity contribution in [1.29, 1.82) is 0 Å². The van der Waals surface area contributed by atoms with Crippen LogP contribution in [0.4, 0.5) is 0 Å². The van der Waals surface area contributed by atoms with Crippen molar-refractivity contribution in [3.05, 3.63) is 35.4 Å². The van der Waals surface area contributed by atoms with Gasteiger partial charge in [0.1, 0.15) is 0 Å². The second-order valence-corrected chi connectivity index (χ2v) is 3.64. The van der Waals surface area contributed by atoms with E-state index in [1.165, 1.54) is 5.56 Å². The Kier molecular flexibility index (Phi) is 3.69. The van der Waals surface area contributed by atoms with Gasteiger partial charge in [0.25, 0.3) is 0 Å². The highest BCUT2D eigenvalue weighted by atomic mass is 16.4. The normalized spacial score (nSPS) is 12.4. The summed E-state index contributed by atoms with van der Waals surface area (Å²) in [4.78, 5) is 10.8. The number of aliphatic carboxylic acids is 1. The summed E-state index contributed by atoms with van der Waals surface area (Å²) in [5, 5.41) is 8.90. The van der Waals surface area contributed by atoms with Gasteiger partial charge in [-0.2, -0.15) is 0 Å². The zero-order valence-electron chi connectivity index (χ0n) is 8.66. The molecule has 0 saturated heterocycles. The number of hydrogen-bond acceptors (Lipinski definition) is 1. The number of benzene rings is 1. The van der Waals surface area contributed by atoms with Crippen molar-refractivity contribution in [3.63, 3.8) is 0 Å². The summed E-state index contributed by atoms with van der Waals surface area (Å²) < 4.78 is 0. The van der Waals surface area contributed by atoms with E-state index in [1.807, 2.05) is 38.1 Å². The predicted molar refractivity (Wildman–Crippen MR) is 56.3 cm³/mol. The van der Waals surface area contributed by atoms with E-state index in [4.69, 9.17) is 5.11 Å². The van der Waals surface area contributed by atoms with E-state index in [1.54, 1.807) is 0 Å². The molecule has 2 heteroatoms. The molecule has 0 amide bonds. The first kappa shape index (κ1) is 10.8. The van der Waals surface area contributed by atoms with Crippen molar-refractivity contribution in [1.82, 2.24) is 0 Å². The van der Waals surface area contributed by atoms with Gasteiger partial charge in [0.2, 0.25) is 0 Å². The molecular weight excluding hydrogens is 176 g/mol. The second-order valence-electron chi connectivity index (χ2n) is 3.64. The molecule has 76 valence electrons. The van der Waals surface area contributed by atoms with Gasteiger partial charge in [-0.1, -0.05) is 36.8 Å². The Bertz CT molecular complexity index is 318. The monoisotopic (exact) mass is 192 g/mol. The molecule has 0 heterocycles. The van der Waals surface area contributed by atoms with Crippen LogP contribution in [0, 0.1) is 12.8 Å². The summed E-state index contributed by atoms with van der Waals surface area (Å²) in [6.45, 7) is 3.93. The van der Waals surface area contributed by atoms with Gasteiger partial charge in [0.15, 0.2) is 0 Å². The molecule has 0 aromatic heterocycles. The molecule has 1 atom stereocenters. The Morgan fingerprint density at radius 2 is 2.21 bits per heavy atom. The van der Waals surface area contributed by atoms with Crippen LogP contribution in [0.1, 0.15) is 24.5 Å². The Morgan fingerprint density at radius 1 is 1.50 bits per heavy atom. The summed E-state index contributed by atoms with van der Waals surface area (Å²) >= 11 is 0. The molecule has 0 aliphatic carbocycles. The highest BCUT2D eigenvalue weighted by Crippen LogP contribution is 2.13. The van der Waals surface area contributed by atoms with Crippen LogP contribution in [0.25, 0.3) is 0 Å². The average Bonchev–Trinajstić information content (AvgIpc) is 2.14. The number of hydrogen-bond donors (Lipinski definition) is 1. The lowest BCUT2D eigenvalue weighted by atomic mass is 9.96. The largest absolute Gasteiger partial charge is 0.481 e. The van der Waals surface area contributed by atoms with Crippen LogP contribution < -0.4 is 0 Å². The molecule has 1 aromatic carbocycles. The summed E-state index contributed by atoms with van der Waals surface area (Å²) in [5.41, 5.74) is 2.29. The number of rotatable bonds is 4. The molecule has 0 bridgehead atoms. The fraction of sp³-hybridized carbons (Fsp3) is 0.417. The Labute approximate surface area is 84.6 Å². The van der Waals surface area contributed by atoms with Crippen LogP contribution >= 0.6 is 0 Å². The number of carboxylic acids is 1. The smallest absolute Gasteiger partial charge is 0.306 e. The van der Waals surface area contributed by atoms with Crippen LogP contribution in [-0.4, -0.2) is 11.1 Å². The summed E-state index contributed by atoms with van der Waals surface area (Å²) in [6, 6.07) is 8.02. The highest BCUT2D eigenvalue weighted by molar-refractivity contribution is 5.70. The van der Waals surface area contributed by atoms with Crippen LogP contribution in [0.3, 0.4) is 0 Å². The SMILES string of the molecule is CCC(Cc1cccc(C)c1)C(=O)O. The molecule has 2 nitrogen and oxygen atoms in total. The predicted octanol–water partition coefficient (Wildman–Crippen LogP) is 2.65. The zero-order valence-corrected chi connectivity index (χ0v) is 8.66. The van der Waals surface area contributed by atoms with Gasteiger partial charge in [0, 0.05) is 0 Å². The van der Waals surface area contributed by atoms with Crippen LogP contribution in [-0.2, 0) is 11.2 Å². The first-order valence-corrected chi connectivity index (χ1v) is 4.91. The lowest BCUT2D eigenvalue weighted by molar-refractivity contribution is -0.141. The maximum absolute atomic E-state index is 10.8. The third-order valence-corrected chi connectivity index (χ3v) is 2.41. The minimum Gasteiger partial charge on any atom is -0.481 e. The van der Waals surface area contributed by atoms with E-state index in [-0.39, 0.29) is 5.92 Å². The minimum absolute atomic E-state index is 0.253. The summed E-state index contributed by atoms with van der Waals surface area (Å²) in [6.07, 6.45) is 1.32. The third kappa shape index (κ3) is 2.87. The van der Waals surface area contributed by atoms with E-state index in [9.17, 15) is 4.79 Å². The standard InChI is InChI=1S/C12H16O2/c1-3-11(12(13)14)8-10-6-4-5-9(2)7-10/h4-7,11H,3,8H2,1-2H3,(H,13,14). The molecule has 1 rings (SSSR count). The molecule has 1 N–H and O–H groups in total. The molecule has 0 aliphatic rings. The molecule has 0 aliphatic heterocycles. The van der Waals surface area contributed by atoms with E-state index in [0.29, 0.717) is 12.8 Å². The molecular formula is C12H16O2. The van der Waals surface area contributed by atoms with Crippen molar-refractivity contribution < 1.29 is 9.90 Å². The van der Waals surface area contributed by atoms with Crippen molar-refractivity contribution >= 4 is 5.97 Å². The van der Waals surface area contributed by atoms with Crippen molar-refractivity contribution in [3.8, 4) is 0 Å². The van der Waals surface area contributed by atoms with Gasteiger partial charge >= 0.3 is 5.97 Å². The van der Waals surface area contributed by atoms with Gasteiger partial charge in [0.05, 0.1) is 5.92 Å². The Morgan fingerprint density at radius 3 is 2.71 bits per heavy atom. The van der Waals surface area contributed by atoms with Crippen LogP contribution in [0.15, 0.2) is 24.3 Å². The molecule has 0 fully saturated rings. The summed E-state index contributed by atoms with van der Waals surface area (Å²) in [7, 11) is 0. The van der Waals surface area contributed by atoms with E-state index in [0.717, 1.165) is 5.56 Å². The Balaban J connectivity index is 2.72. The Hall–Kier alpha value is -1.31. The van der Waals surface area contributed by atoms with E-state index >= 15 is 0 Å². The number of carbonyl (C=O) groups is 1. The van der Waals surface area contributed by atoms with Crippen molar-refractivity contribution in [2.45, 2.75) is 26.7 Å². The quantitative estimate of drug-likeness (QED) is 0.796. The van der Waals surface area contributed by atoms with Gasteiger partial charge in [-0.25, -0.2) is 0 Å². The minimum atomic E-state index is -0.700. The van der Waals surface area contributed by atoms with Crippen LogP contribution in [0.5, 0.6) is 0 Å². The van der Waals surface area contributed by atoms with E-state index < -0.39 is 5.97 Å². The first-order chi connectivity index (χ1) is 6.63. The van der Waals surface area contributed by atoms with Crippen LogP contribution in [0.2, 0.25) is 0 Å². The van der Waals surface area contributed by atoms with Crippen molar-refractivity contribution in [2.24, 2.45) is 5.92 Å². The van der Waals surface area contributed by atoms with Crippen molar-refractivity contribution in [2.75, 3.05) is 0 Å². The van der Waals surface area contributed by atoms with E-state index in [2.05, 4.69) is 0 Å². The van der Waals surface area contributed by atoms with Gasteiger partial charge in [-0.05, 0) is 25.3 Å². The third-order valence-electron chi connectivity index (χ3n) is 2.41. The molecule has 1 aromatic rings. The fourth-order valence-corrected chi connectivity index (χ4v) is 1.53. The average molecular weight is 192 g/mol. The lowest BCUT2D eigenvalue weighted by Gasteiger charge is -2.09. The van der Waals surface area contributed by atoms with Gasteiger partial charge in [-0.3, -0.25) is 4.79 Å². The number of carboxylic acid groups (broad SMARTS) is 1. The topological polar surface area (TPSA) is 37.3 Å². The summed E-state index contributed by atoms with van der Waals surface area (Å²) in [5.74, 6) is -0.953. The molecule has 1 unspecified atom stereocenters. The highest BCUT2D eigenvalue weighted by Gasteiger charge is 2.15. The molecule has 0 spiro atoms. The van der Waals surface area contributed by atoms with Gasteiger partial charge in [-0.15, -0.1) is 0 Å².